The second-order valence-corrected chi connectivity index (χ2v) is 4.92. The molecule has 7 nitrogen and oxygen atoms in total. The predicted octanol–water partition coefficient (Wildman–Crippen LogP) is 1.47. The Morgan fingerprint density at radius 1 is 1.39 bits per heavy atom. The third-order valence-corrected chi connectivity index (χ3v) is 3.42. The van der Waals surface area contributed by atoms with Gasteiger partial charge in [0.05, 0.1) is 11.4 Å². The van der Waals surface area contributed by atoms with Crippen molar-refractivity contribution in [3.63, 3.8) is 0 Å². The van der Waals surface area contributed by atoms with E-state index in [2.05, 4.69) is 17.2 Å². The lowest BCUT2D eigenvalue weighted by atomic mass is 9.99. The van der Waals surface area contributed by atoms with Crippen LogP contribution in [0, 0.1) is 5.92 Å². The predicted molar refractivity (Wildman–Crippen MR) is 87.2 cm³/mol. The van der Waals surface area contributed by atoms with Gasteiger partial charge in [-0.15, -0.1) is 6.58 Å². The van der Waals surface area contributed by atoms with E-state index < -0.39 is 23.8 Å². The largest absolute Gasteiger partial charge is 0.397 e. The number of carbonyl (C=O) groups excluding carboxylic acids is 3. The summed E-state index contributed by atoms with van der Waals surface area (Å²) in [7, 11) is 0. The zero-order valence-corrected chi connectivity index (χ0v) is 12.7. The van der Waals surface area contributed by atoms with Crippen molar-refractivity contribution in [3.05, 3.63) is 48.7 Å². The van der Waals surface area contributed by atoms with Gasteiger partial charge in [0.25, 0.3) is 0 Å². The molecule has 1 aliphatic rings. The number of para-hydroxylation sites is 2. The number of nitrogens with one attached hydrogen (secondary N) is 2. The number of nitrogens with two attached hydrogens (primary N) is 1. The number of nitrogens with zero attached hydrogens (tertiary/aromatic N) is 1. The fraction of sp³-hybridized carbons (Fsp3) is 0.188. The number of allylic oxidation sites excluding steroid dienone is 1. The Kier molecular flexibility index (Phi) is 4.80. The molecule has 1 fully saturated rings. The van der Waals surface area contributed by atoms with Crippen LogP contribution in [0.25, 0.3) is 0 Å². The van der Waals surface area contributed by atoms with E-state index in [1.54, 1.807) is 37.3 Å². The van der Waals surface area contributed by atoms with Crippen molar-refractivity contribution in [3.8, 4) is 0 Å². The van der Waals surface area contributed by atoms with E-state index in [9.17, 15) is 14.4 Å². The van der Waals surface area contributed by atoms with Crippen LogP contribution in [0.4, 0.5) is 16.2 Å². The molecular weight excluding hydrogens is 296 g/mol. The molecule has 4 amide bonds. The van der Waals surface area contributed by atoms with Gasteiger partial charge in [-0.3, -0.25) is 19.8 Å². The van der Waals surface area contributed by atoms with Gasteiger partial charge in [0, 0.05) is 12.2 Å². The summed E-state index contributed by atoms with van der Waals surface area (Å²) in [6.07, 6.45) is 3.03. The lowest BCUT2D eigenvalue weighted by Crippen LogP contribution is -2.58. The van der Waals surface area contributed by atoms with Gasteiger partial charge in [0.15, 0.2) is 5.92 Å². The molecule has 1 heterocycles. The zero-order valence-electron chi connectivity index (χ0n) is 12.7. The quantitative estimate of drug-likeness (QED) is 0.433. The van der Waals surface area contributed by atoms with Crippen LogP contribution in [0.15, 0.2) is 48.7 Å². The standard InChI is InChI=1S/C16H18N4O3/c1-3-9-20-15(22)13(14(21)19-16(20)23)11(4-2)18-12-8-6-5-7-10(12)17/h3-8,13,18H,1,9,17H2,2H3,(H,19,21,23)/b11-4+/t13-/m0/s1. The number of carbonyl (C=O) groups is 3. The first-order valence-corrected chi connectivity index (χ1v) is 7.04. The molecule has 1 aromatic rings. The molecule has 0 radical (unpaired) electrons. The van der Waals surface area contributed by atoms with E-state index in [1.807, 2.05) is 0 Å². The molecule has 0 spiro atoms. The first kappa shape index (κ1) is 16.3. The van der Waals surface area contributed by atoms with E-state index in [1.165, 1.54) is 6.08 Å². The second-order valence-electron chi connectivity index (χ2n) is 4.92. The molecule has 1 aromatic carbocycles. The van der Waals surface area contributed by atoms with Gasteiger partial charge < -0.3 is 11.1 Å². The van der Waals surface area contributed by atoms with Crippen molar-refractivity contribution in [1.29, 1.82) is 0 Å². The smallest absolute Gasteiger partial charge is 0.331 e. The minimum Gasteiger partial charge on any atom is -0.397 e. The van der Waals surface area contributed by atoms with Crippen molar-refractivity contribution in [1.82, 2.24) is 10.2 Å². The lowest BCUT2D eigenvalue weighted by Gasteiger charge is -2.31. The van der Waals surface area contributed by atoms with Crippen LogP contribution in [-0.2, 0) is 9.59 Å². The number of nitrogen functional groups attached to an aromatic ring is 1. The fourth-order valence-corrected chi connectivity index (χ4v) is 2.27. The number of hydrogen-bond acceptors (Lipinski definition) is 5. The summed E-state index contributed by atoms with van der Waals surface area (Å²) < 4.78 is 0. The Morgan fingerprint density at radius 3 is 2.70 bits per heavy atom. The van der Waals surface area contributed by atoms with Crippen LogP contribution in [0.1, 0.15) is 6.92 Å². The molecule has 2 rings (SSSR count). The van der Waals surface area contributed by atoms with Gasteiger partial charge in [-0.05, 0) is 19.1 Å². The number of anilines is 2. The Bertz CT molecular complexity index is 696. The van der Waals surface area contributed by atoms with Crippen molar-refractivity contribution in [2.24, 2.45) is 5.92 Å². The van der Waals surface area contributed by atoms with E-state index in [0.29, 0.717) is 17.1 Å². The maximum absolute atomic E-state index is 12.5. The molecule has 1 saturated heterocycles. The molecule has 0 aromatic heterocycles. The molecule has 7 heteroatoms. The average Bonchev–Trinajstić information content (AvgIpc) is 2.52. The van der Waals surface area contributed by atoms with E-state index in [-0.39, 0.29) is 6.54 Å². The van der Waals surface area contributed by atoms with Crippen LogP contribution in [0.3, 0.4) is 0 Å². The summed E-state index contributed by atoms with van der Waals surface area (Å²) in [5, 5.41) is 5.17. The molecular formula is C16H18N4O3. The molecule has 0 unspecified atom stereocenters. The third kappa shape index (κ3) is 3.23. The van der Waals surface area contributed by atoms with Crippen LogP contribution < -0.4 is 16.4 Å². The summed E-state index contributed by atoms with van der Waals surface area (Å²) in [4.78, 5) is 37.3. The number of amides is 4. The van der Waals surface area contributed by atoms with Crippen LogP contribution in [-0.4, -0.2) is 29.3 Å². The molecule has 1 aliphatic heterocycles. The number of rotatable bonds is 5. The molecule has 4 N–H and O–H groups in total. The Hall–Kier alpha value is -3.09. The number of urea groups is 1. The molecule has 23 heavy (non-hydrogen) atoms. The average molecular weight is 314 g/mol. The molecule has 1 atom stereocenters. The topological polar surface area (TPSA) is 105 Å². The summed E-state index contributed by atoms with van der Waals surface area (Å²) in [5.74, 6) is -2.42. The SMILES string of the molecule is C=CCN1C(=O)NC(=O)[C@H](/C(=C\C)Nc2ccccc2N)C1=O. The van der Waals surface area contributed by atoms with Gasteiger partial charge in [-0.1, -0.05) is 24.3 Å². The van der Waals surface area contributed by atoms with E-state index in [0.717, 1.165) is 4.90 Å². The Morgan fingerprint density at radius 2 is 2.09 bits per heavy atom. The number of imide groups is 2. The van der Waals surface area contributed by atoms with Gasteiger partial charge in [-0.2, -0.15) is 0 Å². The van der Waals surface area contributed by atoms with Crippen LogP contribution in [0.5, 0.6) is 0 Å². The number of barbiturate groups is 1. The van der Waals surface area contributed by atoms with Crippen LogP contribution in [0.2, 0.25) is 0 Å². The number of hydrogen-bond donors (Lipinski definition) is 3. The molecule has 0 saturated carbocycles. The Balaban J connectivity index is 2.31. The summed E-state index contributed by atoms with van der Waals surface area (Å²) >= 11 is 0. The second kappa shape index (κ2) is 6.78. The van der Waals surface area contributed by atoms with Gasteiger partial charge in [0.2, 0.25) is 11.8 Å². The Labute approximate surface area is 133 Å². The van der Waals surface area contributed by atoms with Crippen molar-refractivity contribution in [2.45, 2.75) is 6.92 Å². The maximum atomic E-state index is 12.5. The third-order valence-electron chi connectivity index (χ3n) is 3.42. The summed E-state index contributed by atoms with van der Waals surface area (Å²) in [6.45, 7) is 5.22. The minimum atomic E-state index is -1.14. The highest BCUT2D eigenvalue weighted by atomic mass is 16.2. The maximum Gasteiger partial charge on any atom is 0.331 e. The highest BCUT2D eigenvalue weighted by Crippen LogP contribution is 2.25. The molecule has 0 aliphatic carbocycles. The molecule has 120 valence electrons. The summed E-state index contributed by atoms with van der Waals surface area (Å²) in [6, 6.07) is 6.25. The van der Waals surface area contributed by atoms with Crippen molar-refractivity contribution < 1.29 is 14.4 Å². The highest BCUT2D eigenvalue weighted by molar-refractivity contribution is 6.18. The van der Waals surface area contributed by atoms with Crippen molar-refractivity contribution >= 4 is 29.2 Å². The normalized spacial score (nSPS) is 18.7. The van der Waals surface area contributed by atoms with Gasteiger partial charge >= 0.3 is 6.03 Å². The van der Waals surface area contributed by atoms with Crippen LogP contribution >= 0.6 is 0 Å². The first-order valence-electron chi connectivity index (χ1n) is 7.04. The fourth-order valence-electron chi connectivity index (χ4n) is 2.27. The van der Waals surface area contributed by atoms with Crippen molar-refractivity contribution in [2.75, 3.05) is 17.6 Å². The van der Waals surface area contributed by atoms with E-state index >= 15 is 0 Å². The number of benzene rings is 1. The zero-order chi connectivity index (χ0) is 17.0. The first-order chi connectivity index (χ1) is 11.0. The lowest BCUT2D eigenvalue weighted by molar-refractivity contribution is -0.140. The highest BCUT2D eigenvalue weighted by Gasteiger charge is 2.42. The van der Waals surface area contributed by atoms with Gasteiger partial charge in [-0.25, -0.2) is 4.79 Å². The monoisotopic (exact) mass is 314 g/mol. The molecule has 0 bridgehead atoms. The van der Waals surface area contributed by atoms with E-state index in [4.69, 9.17) is 5.73 Å². The van der Waals surface area contributed by atoms with Gasteiger partial charge in [0.1, 0.15) is 0 Å². The summed E-state index contributed by atoms with van der Waals surface area (Å²) in [5.41, 5.74) is 7.28. The minimum absolute atomic E-state index is 0.0267.